The second kappa shape index (κ2) is 15.0. The van der Waals surface area contributed by atoms with Crippen molar-refractivity contribution < 1.29 is 39.1 Å². The Morgan fingerprint density at radius 1 is 0.776 bits per heavy atom. The SMILES string of the molecule is COc1ccc(/C=C(/C(=O)N(C)CCCCn2c(-c3ccc(O)cc3)c(C)c3cc(O)ccc32)c2cc(OC)c(OC)c(OC)c2)cc1O. The number of phenolic OH excluding ortho intramolecular Hbond substituents is 3. The highest BCUT2D eigenvalue weighted by Gasteiger charge is 2.22. The average Bonchev–Trinajstić information content (AvgIpc) is 3.38. The summed E-state index contributed by atoms with van der Waals surface area (Å²) < 4.78 is 24.1. The lowest BCUT2D eigenvalue weighted by Crippen LogP contribution is -2.28. The summed E-state index contributed by atoms with van der Waals surface area (Å²) in [7, 11) is 7.80. The predicted molar refractivity (Wildman–Crippen MR) is 191 cm³/mol. The van der Waals surface area contributed by atoms with E-state index in [2.05, 4.69) is 4.57 Å². The van der Waals surface area contributed by atoms with Gasteiger partial charge in [-0.3, -0.25) is 4.79 Å². The number of phenols is 3. The normalized spacial score (nSPS) is 11.4. The molecule has 1 heterocycles. The van der Waals surface area contributed by atoms with Crippen LogP contribution in [0.4, 0.5) is 0 Å². The first kappa shape index (κ1) is 34.6. The summed E-state index contributed by atoms with van der Waals surface area (Å²) in [5.74, 6) is 1.66. The number of benzene rings is 4. The molecule has 0 saturated carbocycles. The first-order valence-electron chi connectivity index (χ1n) is 15.9. The molecule has 0 saturated heterocycles. The van der Waals surface area contributed by atoms with E-state index in [1.807, 2.05) is 25.1 Å². The third-order valence-electron chi connectivity index (χ3n) is 8.63. The molecule has 0 aliphatic carbocycles. The van der Waals surface area contributed by atoms with Crippen LogP contribution in [0.1, 0.15) is 29.5 Å². The van der Waals surface area contributed by atoms with Crippen LogP contribution in [-0.2, 0) is 11.3 Å². The topological polar surface area (TPSA) is 123 Å². The van der Waals surface area contributed by atoms with Crippen molar-refractivity contribution in [1.82, 2.24) is 9.47 Å². The summed E-state index contributed by atoms with van der Waals surface area (Å²) >= 11 is 0. The molecule has 0 aliphatic heterocycles. The molecule has 49 heavy (non-hydrogen) atoms. The first-order chi connectivity index (χ1) is 23.6. The van der Waals surface area contributed by atoms with Crippen molar-refractivity contribution in [2.75, 3.05) is 42.0 Å². The molecule has 0 unspecified atom stereocenters. The molecule has 0 aliphatic rings. The Morgan fingerprint density at radius 2 is 1.43 bits per heavy atom. The van der Waals surface area contributed by atoms with Gasteiger partial charge in [0.05, 0.1) is 34.1 Å². The third-order valence-corrected chi connectivity index (χ3v) is 8.63. The summed E-state index contributed by atoms with van der Waals surface area (Å²) in [4.78, 5) is 15.8. The molecule has 0 radical (unpaired) electrons. The summed E-state index contributed by atoms with van der Waals surface area (Å²) in [5, 5.41) is 31.5. The van der Waals surface area contributed by atoms with Gasteiger partial charge in [-0.2, -0.15) is 0 Å². The zero-order valence-electron chi connectivity index (χ0n) is 28.6. The highest BCUT2D eigenvalue weighted by atomic mass is 16.5. The van der Waals surface area contributed by atoms with Gasteiger partial charge in [0.15, 0.2) is 23.0 Å². The van der Waals surface area contributed by atoms with Gasteiger partial charge in [-0.15, -0.1) is 0 Å². The highest BCUT2D eigenvalue weighted by molar-refractivity contribution is 6.24. The molecule has 0 atom stereocenters. The quantitative estimate of drug-likeness (QED) is 0.0683. The van der Waals surface area contributed by atoms with Gasteiger partial charge < -0.3 is 43.7 Å². The van der Waals surface area contributed by atoms with Crippen LogP contribution in [0, 0.1) is 6.92 Å². The number of unbranched alkanes of at least 4 members (excludes halogenated alkanes) is 1. The van der Waals surface area contributed by atoms with Gasteiger partial charge in [0.25, 0.3) is 5.91 Å². The number of ether oxygens (including phenoxy) is 4. The van der Waals surface area contributed by atoms with Gasteiger partial charge in [0, 0.05) is 36.6 Å². The fourth-order valence-electron chi connectivity index (χ4n) is 6.13. The zero-order chi connectivity index (χ0) is 35.2. The number of carbonyl (C=O) groups excluding carboxylic acids is 1. The van der Waals surface area contributed by atoms with E-state index in [4.69, 9.17) is 18.9 Å². The maximum Gasteiger partial charge on any atom is 0.254 e. The number of carbonyl (C=O) groups is 1. The second-order valence-electron chi connectivity index (χ2n) is 11.7. The zero-order valence-corrected chi connectivity index (χ0v) is 28.6. The Hall–Kier alpha value is -5.77. The number of hydrogen-bond donors (Lipinski definition) is 3. The molecule has 0 bridgehead atoms. The van der Waals surface area contributed by atoms with Crippen molar-refractivity contribution in [1.29, 1.82) is 0 Å². The van der Waals surface area contributed by atoms with Crippen molar-refractivity contribution >= 4 is 28.5 Å². The number of aromatic hydroxyl groups is 3. The monoisotopic (exact) mass is 666 g/mol. The number of aryl methyl sites for hydroxylation is 2. The molecule has 10 nitrogen and oxygen atoms in total. The molecule has 10 heteroatoms. The molecule has 1 aromatic heterocycles. The van der Waals surface area contributed by atoms with Crippen LogP contribution in [-0.4, -0.2) is 72.7 Å². The molecule has 1 amide bonds. The van der Waals surface area contributed by atoms with E-state index < -0.39 is 0 Å². The number of amides is 1. The largest absolute Gasteiger partial charge is 0.508 e. The van der Waals surface area contributed by atoms with E-state index in [9.17, 15) is 20.1 Å². The van der Waals surface area contributed by atoms with Crippen LogP contribution in [0.2, 0.25) is 0 Å². The molecule has 256 valence electrons. The molecule has 3 N–H and O–H groups in total. The maximum atomic E-state index is 14.2. The van der Waals surface area contributed by atoms with Crippen molar-refractivity contribution in [3.63, 3.8) is 0 Å². The fraction of sp³-hybridized carbons (Fsp3) is 0.256. The lowest BCUT2D eigenvalue weighted by molar-refractivity contribution is -0.123. The lowest BCUT2D eigenvalue weighted by atomic mass is 10.00. The summed E-state index contributed by atoms with van der Waals surface area (Å²) in [6, 6.07) is 20.9. The number of likely N-dealkylation sites (N-methyl/N-ethyl adjacent to an activating group) is 1. The van der Waals surface area contributed by atoms with E-state index in [0.29, 0.717) is 59.2 Å². The second-order valence-corrected chi connectivity index (χ2v) is 11.7. The maximum absolute atomic E-state index is 14.2. The highest BCUT2D eigenvalue weighted by Crippen LogP contribution is 2.41. The van der Waals surface area contributed by atoms with Gasteiger partial charge in [0.2, 0.25) is 5.75 Å². The molecular formula is C39H42N2O8. The number of nitrogens with zero attached hydrogens (tertiary/aromatic N) is 2. The van der Waals surface area contributed by atoms with Crippen LogP contribution in [0.25, 0.3) is 33.8 Å². The van der Waals surface area contributed by atoms with Gasteiger partial charge in [-0.1, -0.05) is 6.07 Å². The molecule has 0 fully saturated rings. The van der Waals surface area contributed by atoms with E-state index in [1.165, 1.54) is 28.4 Å². The van der Waals surface area contributed by atoms with E-state index in [1.54, 1.807) is 72.6 Å². The molecular weight excluding hydrogens is 624 g/mol. The number of hydrogen-bond acceptors (Lipinski definition) is 8. The Bertz CT molecular complexity index is 1970. The van der Waals surface area contributed by atoms with E-state index in [-0.39, 0.29) is 23.2 Å². The number of aromatic nitrogens is 1. The van der Waals surface area contributed by atoms with Crippen LogP contribution in [0.15, 0.2) is 72.8 Å². The standard InChI is InChI=1S/C39H42N2O8/c1-24-30-23-29(43)14-15-32(30)41(37(24)26-10-12-28(42)13-11-26)18-8-7-17-40(2)39(45)31(19-25-9-16-34(46-3)33(44)20-25)27-21-35(47-4)38(49-6)36(22-27)48-5/h9-16,19-23,42-44H,7-8,17-18H2,1-6H3/b31-19+. The number of methoxy groups -OCH3 is 4. The number of rotatable bonds is 13. The molecule has 5 rings (SSSR count). The molecule has 4 aromatic carbocycles. The Morgan fingerprint density at radius 3 is 2.04 bits per heavy atom. The van der Waals surface area contributed by atoms with E-state index >= 15 is 0 Å². The van der Waals surface area contributed by atoms with Gasteiger partial charge in [-0.25, -0.2) is 0 Å². The summed E-state index contributed by atoms with van der Waals surface area (Å²) in [6.45, 7) is 3.18. The lowest BCUT2D eigenvalue weighted by Gasteiger charge is -2.21. The minimum absolute atomic E-state index is 0.0454. The van der Waals surface area contributed by atoms with Crippen LogP contribution < -0.4 is 18.9 Å². The van der Waals surface area contributed by atoms with Gasteiger partial charge in [-0.05, 0) is 115 Å². The Balaban J connectivity index is 1.41. The van der Waals surface area contributed by atoms with Gasteiger partial charge >= 0.3 is 0 Å². The fourth-order valence-corrected chi connectivity index (χ4v) is 6.13. The van der Waals surface area contributed by atoms with Crippen LogP contribution in [0.3, 0.4) is 0 Å². The Labute approximate surface area is 286 Å². The van der Waals surface area contributed by atoms with Crippen molar-refractivity contribution in [2.24, 2.45) is 0 Å². The predicted octanol–water partition coefficient (Wildman–Crippen LogP) is 7.25. The van der Waals surface area contributed by atoms with Crippen LogP contribution >= 0.6 is 0 Å². The minimum atomic E-state index is -0.230. The van der Waals surface area contributed by atoms with Crippen molar-refractivity contribution in [2.45, 2.75) is 26.3 Å². The average molecular weight is 667 g/mol. The first-order valence-corrected chi connectivity index (χ1v) is 15.9. The third kappa shape index (κ3) is 7.23. The smallest absolute Gasteiger partial charge is 0.254 e. The van der Waals surface area contributed by atoms with E-state index in [0.717, 1.165) is 34.1 Å². The molecule has 0 spiro atoms. The summed E-state index contributed by atoms with van der Waals surface area (Å²) in [5.41, 5.74) is 5.53. The summed E-state index contributed by atoms with van der Waals surface area (Å²) in [6.07, 6.45) is 3.19. The van der Waals surface area contributed by atoms with Crippen molar-refractivity contribution in [3.8, 4) is 51.5 Å². The molecule has 5 aromatic rings. The van der Waals surface area contributed by atoms with Gasteiger partial charge in [0.1, 0.15) is 11.5 Å². The minimum Gasteiger partial charge on any atom is -0.508 e. The van der Waals surface area contributed by atoms with Crippen molar-refractivity contribution in [3.05, 3.63) is 89.5 Å². The number of fused-ring (bicyclic) bond motifs is 1. The Kier molecular flexibility index (Phi) is 10.6. The van der Waals surface area contributed by atoms with Crippen LogP contribution in [0.5, 0.6) is 40.2 Å².